The fourth-order valence-electron chi connectivity index (χ4n) is 4.62. The van der Waals surface area contributed by atoms with Gasteiger partial charge in [0.15, 0.2) is 0 Å². The first-order valence-electron chi connectivity index (χ1n) is 12.1. The molecular formula is C29H32N2O2. The highest BCUT2D eigenvalue weighted by molar-refractivity contribution is 6.02. The number of ether oxygens (including phenoxy) is 2. The highest BCUT2D eigenvalue weighted by Crippen LogP contribution is 2.47. The summed E-state index contributed by atoms with van der Waals surface area (Å²) in [6, 6.07) is 25.5. The molecule has 2 aliphatic heterocycles. The summed E-state index contributed by atoms with van der Waals surface area (Å²) in [4.78, 5) is 0. The Hall–Kier alpha value is -3.27. The van der Waals surface area contributed by atoms with Gasteiger partial charge in [0.1, 0.15) is 11.5 Å². The molecule has 0 spiro atoms. The van der Waals surface area contributed by atoms with Gasteiger partial charge in [-0.3, -0.25) is 0 Å². The van der Waals surface area contributed by atoms with E-state index in [-0.39, 0.29) is 12.3 Å². The topological polar surface area (TPSA) is 34.1 Å². The summed E-state index contributed by atoms with van der Waals surface area (Å²) in [5.74, 6) is 1.86. The van der Waals surface area contributed by atoms with E-state index in [1.54, 1.807) is 0 Å². The summed E-state index contributed by atoms with van der Waals surface area (Å²) >= 11 is 0. The largest absolute Gasteiger partial charge is 0.494 e. The van der Waals surface area contributed by atoms with E-state index in [1.165, 1.54) is 36.0 Å². The van der Waals surface area contributed by atoms with Gasteiger partial charge in [0.05, 0.1) is 18.4 Å². The van der Waals surface area contributed by atoms with Crippen LogP contribution < -0.4 is 9.47 Å². The zero-order chi connectivity index (χ0) is 22.6. The number of aryl methyl sites for hydroxylation is 1. The standard InChI is InChI=1S/C29H32N2O2/c1-3-4-5-8-19-32-24-17-15-23(16-18-24)29-31-27(25-9-6-7-10-28(25)33-29)20-26(30-31)22-13-11-21(2)12-14-22/h6-7,9-18,27,29H,3-5,8,19-20H2,1-2H3/t27-,29-/m0/s1. The number of unbranched alkanes of at least 4 members (excludes halogenated alkanes) is 3. The highest BCUT2D eigenvalue weighted by atomic mass is 16.5. The van der Waals surface area contributed by atoms with Gasteiger partial charge >= 0.3 is 0 Å². The predicted octanol–water partition coefficient (Wildman–Crippen LogP) is 7.20. The molecule has 5 rings (SSSR count). The lowest BCUT2D eigenvalue weighted by atomic mass is 9.95. The normalized spacial score (nSPS) is 18.8. The number of hydrogen-bond donors (Lipinski definition) is 0. The Morgan fingerprint density at radius 1 is 0.939 bits per heavy atom. The average molecular weight is 441 g/mol. The van der Waals surface area contributed by atoms with Crippen molar-refractivity contribution in [1.82, 2.24) is 5.01 Å². The molecule has 0 bridgehead atoms. The lowest BCUT2D eigenvalue weighted by molar-refractivity contribution is -0.0190. The quantitative estimate of drug-likeness (QED) is 0.347. The molecule has 0 aliphatic carbocycles. The van der Waals surface area contributed by atoms with E-state index in [4.69, 9.17) is 14.6 Å². The number of nitrogens with zero attached hydrogens (tertiary/aromatic N) is 2. The van der Waals surface area contributed by atoms with E-state index in [0.29, 0.717) is 0 Å². The third-order valence-electron chi connectivity index (χ3n) is 6.52. The second kappa shape index (κ2) is 9.70. The minimum Gasteiger partial charge on any atom is -0.494 e. The third-order valence-corrected chi connectivity index (χ3v) is 6.52. The molecule has 0 N–H and O–H groups in total. The van der Waals surface area contributed by atoms with Crippen LogP contribution in [-0.4, -0.2) is 17.3 Å². The Morgan fingerprint density at radius 2 is 1.73 bits per heavy atom. The van der Waals surface area contributed by atoms with Gasteiger partial charge in [-0.05, 0) is 49.2 Å². The highest BCUT2D eigenvalue weighted by Gasteiger charge is 2.40. The first kappa shape index (κ1) is 21.6. The van der Waals surface area contributed by atoms with Crippen LogP contribution in [0.3, 0.4) is 0 Å². The Balaban J connectivity index is 1.38. The molecule has 3 aromatic carbocycles. The van der Waals surface area contributed by atoms with Crippen molar-refractivity contribution in [3.8, 4) is 11.5 Å². The van der Waals surface area contributed by atoms with Gasteiger partial charge in [-0.15, -0.1) is 0 Å². The Bertz CT molecular complexity index is 1110. The molecule has 0 radical (unpaired) electrons. The number of benzene rings is 3. The Morgan fingerprint density at radius 3 is 2.52 bits per heavy atom. The fraction of sp³-hybridized carbons (Fsp3) is 0.345. The van der Waals surface area contributed by atoms with Crippen LogP contribution in [-0.2, 0) is 0 Å². The number of para-hydroxylation sites is 1. The molecule has 0 saturated carbocycles. The number of fused-ring (bicyclic) bond motifs is 3. The molecule has 0 fully saturated rings. The van der Waals surface area contributed by atoms with Crippen LogP contribution in [0.15, 0.2) is 77.9 Å². The number of rotatable bonds is 8. The minimum absolute atomic E-state index is 0.172. The van der Waals surface area contributed by atoms with Crippen LogP contribution in [0, 0.1) is 6.92 Å². The SMILES string of the molecule is CCCCCCOc1ccc([C@@H]2Oc3ccccc3[C@@H]3CC(c4ccc(C)cc4)=NN32)cc1. The van der Waals surface area contributed by atoms with Crippen LogP contribution >= 0.6 is 0 Å². The lowest BCUT2D eigenvalue weighted by Gasteiger charge is -2.38. The zero-order valence-electron chi connectivity index (χ0n) is 19.5. The minimum atomic E-state index is -0.258. The van der Waals surface area contributed by atoms with Crippen molar-refractivity contribution in [3.63, 3.8) is 0 Å². The van der Waals surface area contributed by atoms with E-state index in [2.05, 4.69) is 85.6 Å². The summed E-state index contributed by atoms with van der Waals surface area (Å²) in [7, 11) is 0. The molecule has 4 nitrogen and oxygen atoms in total. The molecule has 0 saturated heterocycles. The Kier molecular flexibility index (Phi) is 6.34. The van der Waals surface area contributed by atoms with Crippen LogP contribution in [0.1, 0.15) is 73.6 Å². The van der Waals surface area contributed by atoms with Gasteiger partial charge in [-0.1, -0.05) is 74.2 Å². The molecule has 0 amide bonds. The number of hydrogen-bond acceptors (Lipinski definition) is 4. The molecule has 170 valence electrons. The third kappa shape index (κ3) is 4.61. The van der Waals surface area contributed by atoms with E-state index < -0.39 is 0 Å². The van der Waals surface area contributed by atoms with E-state index in [1.807, 2.05) is 6.07 Å². The second-order valence-electron chi connectivity index (χ2n) is 9.00. The van der Waals surface area contributed by atoms with Crippen molar-refractivity contribution in [3.05, 3.63) is 95.1 Å². The van der Waals surface area contributed by atoms with Crippen molar-refractivity contribution in [2.75, 3.05) is 6.61 Å². The van der Waals surface area contributed by atoms with Gasteiger partial charge in [-0.25, -0.2) is 5.01 Å². The van der Waals surface area contributed by atoms with Crippen molar-refractivity contribution >= 4 is 5.71 Å². The smallest absolute Gasteiger partial charge is 0.213 e. The van der Waals surface area contributed by atoms with Gasteiger partial charge in [0.2, 0.25) is 6.23 Å². The lowest BCUT2D eigenvalue weighted by Crippen LogP contribution is -2.33. The molecular weight excluding hydrogens is 408 g/mol. The molecule has 0 unspecified atom stereocenters. The molecule has 3 aromatic rings. The van der Waals surface area contributed by atoms with Crippen molar-refractivity contribution in [2.24, 2.45) is 5.10 Å². The second-order valence-corrected chi connectivity index (χ2v) is 9.00. The van der Waals surface area contributed by atoms with Gasteiger partial charge in [0, 0.05) is 17.5 Å². The maximum atomic E-state index is 6.48. The van der Waals surface area contributed by atoms with Gasteiger partial charge in [-0.2, -0.15) is 5.10 Å². The Labute approximate surface area is 196 Å². The molecule has 0 aromatic heterocycles. The summed E-state index contributed by atoms with van der Waals surface area (Å²) in [5.41, 5.74) is 5.83. The van der Waals surface area contributed by atoms with Crippen LogP contribution in [0.25, 0.3) is 0 Å². The maximum Gasteiger partial charge on any atom is 0.213 e. The monoisotopic (exact) mass is 440 g/mol. The fourth-order valence-corrected chi connectivity index (χ4v) is 4.62. The van der Waals surface area contributed by atoms with Crippen LogP contribution in [0.4, 0.5) is 0 Å². The van der Waals surface area contributed by atoms with E-state index >= 15 is 0 Å². The van der Waals surface area contributed by atoms with Gasteiger partial charge < -0.3 is 9.47 Å². The van der Waals surface area contributed by atoms with Gasteiger partial charge in [0.25, 0.3) is 0 Å². The first-order chi connectivity index (χ1) is 16.2. The molecule has 4 heteroatoms. The molecule has 2 aliphatic rings. The predicted molar refractivity (Wildman–Crippen MR) is 133 cm³/mol. The van der Waals surface area contributed by atoms with E-state index in [9.17, 15) is 0 Å². The van der Waals surface area contributed by atoms with Crippen molar-refractivity contribution < 1.29 is 9.47 Å². The number of hydrazone groups is 1. The molecule has 2 heterocycles. The summed E-state index contributed by atoms with van der Waals surface area (Å²) in [6.45, 7) is 5.11. The first-order valence-corrected chi connectivity index (χ1v) is 12.1. The van der Waals surface area contributed by atoms with Crippen LogP contribution in [0.5, 0.6) is 11.5 Å². The maximum absolute atomic E-state index is 6.48. The molecule has 2 atom stereocenters. The van der Waals surface area contributed by atoms with Crippen molar-refractivity contribution in [2.45, 2.75) is 58.2 Å². The summed E-state index contributed by atoms with van der Waals surface area (Å²) in [5, 5.41) is 7.20. The van der Waals surface area contributed by atoms with E-state index in [0.717, 1.165) is 42.2 Å². The molecule has 33 heavy (non-hydrogen) atoms. The average Bonchev–Trinajstić information content (AvgIpc) is 3.30. The van der Waals surface area contributed by atoms with Crippen molar-refractivity contribution in [1.29, 1.82) is 0 Å². The summed E-state index contributed by atoms with van der Waals surface area (Å²) in [6.07, 6.45) is 5.45. The van der Waals surface area contributed by atoms with Crippen LogP contribution in [0.2, 0.25) is 0 Å². The zero-order valence-corrected chi connectivity index (χ0v) is 19.5. The summed E-state index contributed by atoms with van der Waals surface area (Å²) < 4.78 is 12.4.